The van der Waals surface area contributed by atoms with Crippen molar-refractivity contribution in [3.05, 3.63) is 0 Å². The van der Waals surface area contributed by atoms with E-state index >= 15 is 0 Å². The molecule has 0 saturated carbocycles. The van der Waals surface area contributed by atoms with Crippen molar-refractivity contribution in [3.8, 4) is 0 Å². The highest BCUT2D eigenvalue weighted by Crippen LogP contribution is 2.16. The number of amidine groups is 1. The van der Waals surface area contributed by atoms with Crippen LogP contribution in [-0.2, 0) is 4.79 Å². The molecule has 1 rings (SSSR count). The van der Waals surface area contributed by atoms with E-state index in [1.54, 1.807) is 0 Å². The number of rotatable bonds is 1. The first kappa shape index (κ1) is 11.0. The molecule has 1 atom stereocenters. The first-order valence-electron chi connectivity index (χ1n) is 5.27. The third kappa shape index (κ3) is 2.47. The predicted molar refractivity (Wildman–Crippen MR) is 57.2 cm³/mol. The average molecular weight is 197 g/mol. The van der Waals surface area contributed by atoms with Gasteiger partial charge in [0.05, 0.1) is 0 Å². The Morgan fingerprint density at radius 3 is 2.79 bits per heavy atom. The third-order valence-corrected chi connectivity index (χ3v) is 2.60. The van der Waals surface area contributed by atoms with Crippen molar-refractivity contribution in [2.24, 2.45) is 10.7 Å². The van der Waals surface area contributed by atoms with Crippen LogP contribution in [0.15, 0.2) is 4.99 Å². The summed E-state index contributed by atoms with van der Waals surface area (Å²) in [4.78, 5) is 17.4. The molecule has 1 aliphatic rings. The molecule has 1 amide bonds. The Kier molecular flexibility index (Phi) is 3.92. The molecule has 0 aromatic rings. The molecule has 4 heteroatoms. The minimum Gasteiger partial charge on any atom is -0.363 e. The lowest BCUT2D eigenvalue weighted by atomic mass is 10.0. The predicted octanol–water partition coefficient (Wildman–Crippen LogP) is 0.764. The summed E-state index contributed by atoms with van der Waals surface area (Å²) in [6.07, 6.45) is 3.48. The van der Waals surface area contributed by atoms with Crippen molar-refractivity contribution in [3.63, 3.8) is 0 Å². The van der Waals surface area contributed by atoms with Gasteiger partial charge in [-0.2, -0.15) is 0 Å². The minimum absolute atomic E-state index is 0.390. The van der Waals surface area contributed by atoms with Gasteiger partial charge in [-0.3, -0.25) is 9.79 Å². The fraction of sp³-hybridized carbons (Fsp3) is 0.800. The maximum Gasteiger partial charge on any atom is 0.283 e. The van der Waals surface area contributed by atoms with Gasteiger partial charge in [-0.1, -0.05) is 0 Å². The van der Waals surface area contributed by atoms with Crippen molar-refractivity contribution in [1.29, 1.82) is 0 Å². The number of nitrogens with zero attached hydrogens (tertiary/aromatic N) is 2. The lowest BCUT2D eigenvalue weighted by Crippen LogP contribution is -2.47. The lowest BCUT2D eigenvalue weighted by Gasteiger charge is -2.34. The Morgan fingerprint density at radius 2 is 2.29 bits per heavy atom. The molecule has 2 N–H and O–H groups in total. The Labute approximate surface area is 85.2 Å². The number of carbonyl (C=O) groups excluding carboxylic acids is 1. The molecule has 0 aromatic heterocycles. The zero-order valence-electron chi connectivity index (χ0n) is 8.99. The molecular formula is C10H19N3O. The monoisotopic (exact) mass is 197 g/mol. The van der Waals surface area contributed by atoms with Gasteiger partial charge in [0.25, 0.3) is 5.91 Å². The van der Waals surface area contributed by atoms with Gasteiger partial charge in [0.1, 0.15) is 0 Å². The molecule has 14 heavy (non-hydrogen) atoms. The number of hydrogen-bond acceptors (Lipinski definition) is 2. The van der Waals surface area contributed by atoms with Gasteiger partial charge in [0.15, 0.2) is 5.84 Å². The Bertz CT molecular complexity index is 238. The Morgan fingerprint density at radius 1 is 1.57 bits per heavy atom. The number of primary amides is 1. The topological polar surface area (TPSA) is 58.7 Å². The van der Waals surface area contributed by atoms with Gasteiger partial charge in [-0.25, -0.2) is 0 Å². The van der Waals surface area contributed by atoms with Crippen molar-refractivity contribution < 1.29 is 4.79 Å². The zero-order chi connectivity index (χ0) is 10.6. The van der Waals surface area contributed by atoms with Crippen LogP contribution in [0.3, 0.4) is 0 Å². The third-order valence-electron chi connectivity index (χ3n) is 2.60. The van der Waals surface area contributed by atoms with Crippen molar-refractivity contribution >= 4 is 11.7 Å². The average Bonchev–Trinajstić information content (AvgIpc) is 2.15. The van der Waals surface area contributed by atoms with Gasteiger partial charge in [-0.15, -0.1) is 0 Å². The van der Waals surface area contributed by atoms with E-state index in [1.165, 1.54) is 6.42 Å². The molecule has 0 radical (unpaired) electrons. The lowest BCUT2D eigenvalue weighted by molar-refractivity contribution is -0.112. The van der Waals surface area contributed by atoms with E-state index < -0.39 is 5.91 Å². The normalized spacial score (nSPS) is 23.7. The van der Waals surface area contributed by atoms with Crippen molar-refractivity contribution in [1.82, 2.24) is 4.90 Å². The molecular weight excluding hydrogens is 178 g/mol. The van der Waals surface area contributed by atoms with Crippen LogP contribution in [0, 0.1) is 0 Å². The molecule has 1 heterocycles. The van der Waals surface area contributed by atoms with E-state index in [2.05, 4.69) is 11.9 Å². The molecule has 1 fully saturated rings. The number of amides is 1. The number of carbonyl (C=O) groups is 1. The smallest absolute Gasteiger partial charge is 0.283 e. The summed E-state index contributed by atoms with van der Waals surface area (Å²) in [5, 5.41) is 0. The first-order chi connectivity index (χ1) is 6.66. The molecule has 1 saturated heterocycles. The van der Waals surface area contributed by atoms with Gasteiger partial charge in [-0.05, 0) is 33.1 Å². The summed E-state index contributed by atoms with van der Waals surface area (Å²) in [6, 6.07) is 0.390. The van der Waals surface area contributed by atoms with Crippen LogP contribution in [0.2, 0.25) is 0 Å². The second kappa shape index (κ2) is 4.98. The number of likely N-dealkylation sites (tertiary alicyclic amines) is 1. The van der Waals surface area contributed by atoms with Crippen LogP contribution in [0.5, 0.6) is 0 Å². The van der Waals surface area contributed by atoms with Crippen LogP contribution >= 0.6 is 0 Å². The fourth-order valence-corrected chi connectivity index (χ4v) is 1.87. The minimum atomic E-state index is -0.402. The number of hydrogen-bond donors (Lipinski definition) is 1. The molecule has 80 valence electrons. The molecule has 0 spiro atoms. The number of piperidine rings is 1. The summed E-state index contributed by atoms with van der Waals surface area (Å²) >= 11 is 0. The quantitative estimate of drug-likeness (QED) is 0.498. The Balaban J connectivity index is 2.76. The van der Waals surface area contributed by atoms with Crippen LogP contribution < -0.4 is 5.73 Å². The maximum absolute atomic E-state index is 11.2. The summed E-state index contributed by atoms with van der Waals surface area (Å²) in [6.45, 7) is 5.55. The molecule has 0 aromatic carbocycles. The molecule has 1 aliphatic heterocycles. The van der Waals surface area contributed by atoms with Crippen molar-refractivity contribution in [2.45, 2.75) is 39.2 Å². The van der Waals surface area contributed by atoms with Gasteiger partial charge < -0.3 is 10.6 Å². The van der Waals surface area contributed by atoms with E-state index in [0.29, 0.717) is 18.4 Å². The SMILES string of the molecule is CCN=C(C(N)=O)N1CCCCC1C. The van der Waals surface area contributed by atoms with Crippen LogP contribution in [0.1, 0.15) is 33.1 Å². The van der Waals surface area contributed by atoms with E-state index in [-0.39, 0.29) is 0 Å². The van der Waals surface area contributed by atoms with E-state index in [4.69, 9.17) is 5.73 Å². The number of nitrogens with two attached hydrogens (primary N) is 1. The summed E-state index contributed by atoms with van der Waals surface area (Å²) in [7, 11) is 0. The van der Waals surface area contributed by atoms with E-state index in [1.807, 2.05) is 11.8 Å². The summed E-state index contributed by atoms with van der Waals surface area (Å²) in [5.41, 5.74) is 5.30. The van der Waals surface area contributed by atoms with E-state index in [0.717, 1.165) is 19.4 Å². The summed E-state index contributed by atoms with van der Waals surface area (Å²) < 4.78 is 0. The van der Waals surface area contributed by atoms with Crippen LogP contribution in [0.25, 0.3) is 0 Å². The molecule has 0 bridgehead atoms. The van der Waals surface area contributed by atoms with Crippen LogP contribution in [-0.4, -0.2) is 35.8 Å². The highest BCUT2D eigenvalue weighted by atomic mass is 16.1. The second-order valence-corrected chi connectivity index (χ2v) is 3.70. The molecule has 0 aliphatic carbocycles. The highest BCUT2D eigenvalue weighted by Gasteiger charge is 2.24. The van der Waals surface area contributed by atoms with Crippen molar-refractivity contribution in [2.75, 3.05) is 13.1 Å². The van der Waals surface area contributed by atoms with Gasteiger partial charge >= 0.3 is 0 Å². The number of aliphatic imine (C=N–C) groups is 1. The van der Waals surface area contributed by atoms with Gasteiger partial charge in [0.2, 0.25) is 0 Å². The first-order valence-corrected chi connectivity index (χ1v) is 5.27. The molecule has 4 nitrogen and oxygen atoms in total. The molecule has 1 unspecified atom stereocenters. The standard InChI is InChI=1S/C10H19N3O/c1-3-12-10(9(11)14)13-7-5-4-6-8(13)2/h8H,3-7H2,1-2H3,(H2,11,14). The zero-order valence-corrected chi connectivity index (χ0v) is 8.99. The Hall–Kier alpha value is -1.06. The van der Waals surface area contributed by atoms with Crippen LogP contribution in [0.4, 0.5) is 0 Å². The second-order valence-electron chi connectivity index (χ2n) is 3.70. The summed E-state index contributed by atoms with van der Waals surface area (Å²) in [5.74, 6) is 0.0558. The highest BCUT2D eigenvalue weighted by molar-refractivity contribution is 6.37. The van der Waals surface area contributed by atoms with Gasteiger partial charge in [0, 0.05) is 19.1 Å². The maximum atomic E-state index is 11.2. The fourth-order valence-electron chi connectivity index (χ4n) is 1.87. The largest absolute Gasteiger partial charge is 0.363 e. The van der Waals surface area contributed by atoms with E-state index in [9.17, 15) is 4.79 Å².